The average molecular weight is 567 g/mol. The van der Waals surface area contributed by atoms with E-state index in [1.807, 2.05) is 0 Å². The number of unbranched alkanes of at least 4 members (excludes halogenated alkanes) is 11. The minimum Gasteiger partial charge on any atom is -0.393 e. The fraction of sp³-hybridized carbons (Fsp3) is 0.971. The van der Waals surface area contributed by atoms with Crippen molar-refractivity contribution in [3.63, 3.8) is 0 Å². The quantitative estimate of drug-likeness (QED) is 0.189. The van der Waals surface area contributed by atoms with Crippen molar-refractivity contribution in [3.8, 4) is 0 Å². The van der Waals surface area contributed by atoms with Crippen molar-refractivity contribution >= 4 is 5.91 Å². The van der Waals surface area contributed by atoms with Crippen LogP contribution in [0.2, 0.25) is 0 Å². The van der Waals surface area contributed by atoms with E-state index >= 15 is 0 Å². The van der Waals surface area contributed by atoms with Gasteiger partial charge in [0.15, 0.2) is 0 Å². The Balaban J connectivity index is 2.24. The second-order valence-electron chi connectivity index (χ2n) is 13.0. The molecule has 0 aliphatic carbocycles. The lowest BCUT2D eigenvalue weighted by Crippen LogP contribution is -2.39. The second kappa shape index (κ2) is 26.0. The fourth-order valence-electron chi connectivity index (χ4n) is 6.05. The van der Waals surface area contributed by atoms with Gasteiger partial charge in [0.1, 0.15) is 0 Å². The third-order valence-electron chi connectivity index (χ3n) is 8.93. The molecule has 1 fully saturated rings. The Labute approximate surface area is 250 Å². The predicted octanol–water partition coefficient (Wildman–Crippen LogP) is 6.85. The lowest BCUT2D eigenvalue weighted by Gasteiger charge is -2.28. The highest BCUT2D eigenvalue weighted by atomic mass is 16.3. The van der Waals surface area contributed by atoms with Crippen LogP contribution in [0.5, 0.6) is 0 Å². The number of aliphatic hydroxyl groups excluding tert-OH is 1. The van der Waals surface area contributed by atoms with Crippen LogP contribution in [0.15, 0.2) is 0 Å². The molecule has 0 spiro atoms. The van der Waals surface area contributed by atoms with Gasteiger partial charge in [-0.1, -0.05) is 90.4 Å². The summed E-state index contributed by atoms with van der Waals surface area (Å²) in [6.45, 7) is 8.63. The molecule has 0 radical (unpaired) electrons. The predicted molar refractivity (Wildman–Crippen MR) is 173 cm³/mol. The van der Waals surface area contributed by atoms with Gasteiger partial charge in [0.25, 0.3) is 0 Å². The highest BCUT2D eigenvalue weighted by Crippen LogP contribution is 2.17. The van der Waals surface area contributed by atoms with E-state index in [0.717, 1.165) is 71.2 Å². The van der Waals surface area contributed by atoms with Crippen molar-refractivity contribution in [1.82, 2.24) is 20.0 Å². The molecular formula is C34H70N4O2. The summed E-state index contributed by atoms with van der Waals surface area (Å²) in [6, 6.07) is 0.338. The number of nitrogens with zero attached hydrogens (tertiary/aromatic N) is 3. The number of rotatable bonds is 17. The number of nitrogens with one attached hydrogen (secondary N) is 1. The molecule has 0 aromatic rings. The smallest absolute Gasteiger partial charge is 0.221 e. The summed E-state index contributed by atoms with van der Waals surface area (Å²) in [5, 5.41) is 13.5. The van der Waals surface area contributed by atoms with E-state index in [0.29, 0.717) is 12.5 Å². The van der Waals surface area contributed by atoms with Crippen LogP contribution in [0.3, 0.4) is 0 Å². The van der Waals surface area contributed by atoms with Crippen molar-refractivity contribution in [2.45, 2.75) is 154 Å². The number of carbonyl (C=O) groups is 1. The monoisotopic (exact) mass is 567 g/mol. The molecule has 1 rings (SSSR count). The van der Waals surface area contributed by atoms with Gasteiger partial charge < -0.3 is 25.1 Å². The molecule has 238 valence electrons. The summed E-state index contributed by atoms with van der Waals surface area (Å²) in [6.07, 6.45) is 24.9. The zero-order chi connectivity index (χ0) is 29.3. The molecule has 0 aromatic carbocycles. The largest absolute Gasteiger partial charge is 0.393 e. The third kappa shape index (κ3) is 22.0. The summed E-state index contributed by atoms with van der Waals surface area (Å²) in [5.41, 5.74) is 0. The van der Waals surface area contributed by atoms with Crippen molar-refractivity contribution in [2.75, 3.05) is 60.4 Å². The molecule has 1 heterocycles. The molecule has 2 atom stereocenters. The number of amides is 1. The van der Waals surface area contributed by atoms with Crippen LogP contribution in [-0.2, 0) is 4.79 Å². The minimum absolute atomic E-state index is 0.0916. The first-order valence-corrected chi connectivity index (χ1v) is 17.4. The van der Waals surface area contributed by atoms with E-state index in [-0.39, 0.29) is 12.0 Å². The molecule has 40 heavy (non-hydrogen) atoms. The van der Waals surface area contributed by atoms with E-state index in [4.69, 9.17) is 0 Å². The van der Waals surface area contributed by atoms with Crippen LogP contribution in [0.4, 0.5) is 0 Å². The Morgan fingerprint density at radius 1 is 0.700 bits per heavy atom. The fourth-order valence-corrected chi connectivity index (χ4v) is 6.05. The SMILES string of the molecule is CCCCCCCCCC(O)CCCCCCCCC1CC(=O)NCCCN(C)CCCCN(C)CCCN1C. The highest BCUT2D eigenvalue weighted by molar-refractivity contribution is 5.76. The molecule has 2 unspecified atom stereocenters. The van der Waals surface area contributed by atoms with E-state index in [1.165, 1.54) is 96.4 Å². The van der Waals surface area contributed by atoms with E-state index in [1.54, 1.807) is 0 Å². The van der Waals surface area contributed by atoms with Crippen LogP contribution in [-0.4, -0.2) is 98.3 Å². The normalized spacial score (nSPS) is 21.2. The lowest BCUT2D eigenvalue weighted by atomic mass is 10.00. The Bertz CT molecular complexity index is 576. The summed E-state index contributed by atoms with van der Waals surface area (Å²) >= 11 is 0. The van der Waals surface area contributed by atoms with Crippen molar-refractivity contribution in [3.05, 3.63) is 0 Å². The number of carbonyl (C=O) groups excluding carboxylic acids is 1. The molecule has 1 aliphatic rings. The number of aliphatic hydroxyl groups is 1. The molecular weight excluding hydrogens is 496 g/mol. The maximum Gasteiger partial charge on any atom is 0.221 e. The lowest BCUT2D eigenvalue weighted by molar-refractivity contribution is -0.122. The number of hydrogen-bond acceptors (Lipinski definition) is 5. The summed E-state index contributed by atoms with van der Waals surface area (Å²) < 4.78 is 0. The van der Waals surface area contributed by atoms with Gasteiger partial charge >= 0.3 is 0 Å². The first-order valence-electron chi connectivity index (χ1n) is 17.4. The highest BCUT2D eigenvalue weighted by Gasteiger charge is 2.18. The van der Waals surface area contributed by atoms with Crippen LogP contribution in [0, 0.1) is 0 Å². The van der Waals surface area contributed by atoms with E-state index in [9.17, 15) is 9.90 Å². The van der Waals surface area contributed by atoms with Crippen molar-refractivity contribution in [1.29, 1.82) is 0 Å². The van der Waals surface area contributed by atoms with Gasteiger partial charge in [0, 0.05) is 19.0 Å². The van der Waals surface area contributed by atoms with Crippen LogP contribution in [0.25, 0.3) is 0 Å². The standard InChI is InChI=1S/C34H70N4O2/c1-5-6-7-8-9-13-16-23-33(39)24-17-14-11-10-12-15-22-32-31-34(40)35-25-20-28-36(2)26-18-19-27-37(3)29-21-30-38(32)4/h32-33,39H,5-31H2,1-4H3,(H,35,40). The van der Waals surface area contributed by atoms with Gasteiger partial charge in [0.05, 0.1) is 6.10 Å². The van der Waals surface area contributed by atoms with Gasteiger partial charge in [-0.15, -0.1) is 0 Å². The molecule has 0 aromatic heterocycles. The second-order valence-corrected chi connectivity index (χ2v) is 13.0. The van der Waals surface area contributed by atoms with E-state index in [2.05, 4.69) is 48.1 Å². The Morgan fingerprint density at radius 3 is 1.80 bits per heavy atom. The van der Waals surface area contributed by atoms with Gasteiger partial charge in [-0.25, -0.2) is 0 Å². The van der Waals surface area contributed by atoms with Crippen LogP contribution >= 0.6 is 0 Å². The number of hydrogen-bond donors (Lipinski definition) is 2. The van der Waals surface area contributed by atoms with Gasteiger partial charge in [0.2, 0.25) is 5.91 Å². The molecule has 6 heteroatoms. The first kappa shape index (κ1) is 37.3. The maximum atomic E-state index is 12.7. The minimum atomic E-state index is -0.0916. The molecule has 0 saturated carbocycles. The van der Waals surface area contributed by atoms with E-state index < -0.39 is 0 Å². The Morgan fingerprint density at radius 2 is 1.20 bits per heavy atom. The Hall–Kier alpha value is -0.690. The maximum absolute atomic E-state index is 12.7. The molecule has 0 bridgehead atoms. The third-order valence-corrected chi connectivity index (χ3v) is 8.93. The zero-order valence-electron chi connectivity index (χ0n) is 27.4. The van der Waals surface area contributed by atoms with Crippen molar-refractivity contribution < 1.29 is 9.90 Å². The first-order chi connectivity index (χ1) is 19.4. The molecule has 2 N–H and O–H groups in total. The Kier molecular flexibility index (Phi) is 24.2. The molecule has 1 aliphatic heterocycles. The molecule has 1 amide bonds. The van der Waals surface area contributed by atoms with Gasteiger partial charge in [-0.05, 0) is 98.8 Å². The summed E-state index contributed by atoms with van der Waals surface area (Å²) in [5.74, 6) is 0.219. The molecule has 6 nitrogen and oxygen atoms in total. The van der Waals surface area contributed by atoms with Crippen LogP contribution in [0.1, 0.15) is 142 Å². The van der Waals surface area contributed by atoms with Gasteiger partial charge in [-0.3, -0.25) is 4.79 Å². The average Bonchev–Trinajstić information content (AvgIpc) is 2.93. The van der Waals surface area contributed by atoms with Gasteiger partial charge in [-0.2, -0.15) is 0 Å². The summed E-state index contributed by atoms with van der Waals surface area (Å²) in [7, 11) is 6.67. The van der Waals surface area contributed by atoms with Crippen molar-refractivity contribution in [2.24, 2.45) is 0 Å². The molecule has 1 saturated heterocycles. The topological polar surface area (TPSA) is 59.1 Å². The van der Waals surface area contributed by atoms with Crippen LogP contribution < -0.4 is 5.32 Å². The zero-order valence-corrected chi connectivity index (χ0v) is 27.4. The summed E-state index contributed by atoms with van der Waals surface area (Å²) in [4.78, 5) is 20.1.